The van der Waals surface area contributed by atoms with Crippen molar-refractivity contribution in [2.45, 2.75) is 134 Å². The maximum atomic E-state index is 11.7. The molecule has 1 aliphatic carbocycles. The molecule has 2 atom stereocenters. The van der Waals surface area contributed by atoms with Crippen molar-refractivity contribution in [3.05, 3.63) is 108 Å². The number of Topliss-reactive ketones (excluding diaryl/α,β-unsaturated/α-hetero) is 2. The number of anilines is 1. The molecule has 3 aromatic heterocycles. The van der Waals surface area contributed by atoms with Crippen LogP contribution in [0.25, 0.3) is 32.3 Å². The molecule has 0 amide bonds. The van der Waals surface area contributed by atoms with Gasteiger partial charge in [0, 0.05) is 23.9 Å². The van der Waals surface area contributed by atoms with E-state index >= 15 is 0 Å². The van der Waals surface area contributed by atoms with Gasteiger partial charge in [0.2, 0.25) is 11.7 Å². The van der Waals surface area contributed by atoms with Gasteiger partial charge in [0.05, 0.1) is 43.6 Å². The number of rotatable bonds is 7. The van der Waals surface area contributed by atoms with Crippen molar-refractivity contribution in [1.29, 1.82) is 0 Å². The van der Waals surface area contributed by atoms with Gasteiger partial charge in [-0.2, -0.15) is 0 Å². The van der Waals surface area contributed by atoms with E-state index in [1.54, 1.807) is 0 Å². The van der Waals surface area contributed by atoms with Crippen molar-refractivity contribution in [1.82, 2.24) is 30.2 Å². The molecule has 0 saturated carbocycles. The number of aromatic nitrogens is 5. The van der Waals surface area contributed by atoms with Gasteiger partial charge >= 0.3 is 0 Å². The Balaban J connectivity index is 0.000000392. The first-order valence-electron chi connectivity index (χ1n) is 22.3. The van der Waals surface area contributed by atoms with Gasteiger partial charge in [-0.15, -0.1) is 11.3 Å². The van der Waals surface area contributed by atoms with Crippen molar-refractivity contribution in [2.24, 2.45) is 16.8 Å². The van der Waals surface area contributed by atoms with Gasteiger partial charge in [-0.05, 0) is 64.1 Å². The zero-order chi connectivity index (χ0) is 46.8. The fourth-order valence-electron chi connectivity index (χ4n) is 5.28. The minimum atomic E-state index is -0.0180. The Morgan fingerprint density at radius 2 is 1.08 bits per heavy atom. The summed E-state index contributed by atoms with van der Waals surface area (Å²) in [6.07, 6.45) is 8.55. The zero-order valence-corrected chi connectivity index (χ0v) is 41.8. The first-order valence-corrected chi connectivity index (χ1v) is 24.0. The van der Waals surface area contributed by atoms with Gasteiger partial charge in [-0.3, -0.25) is 14.6 Å². The molecule has 338 valence electrons. The molecule has 0 saturated heterocycles. The molecule has 1 aliphatic heterocycles. The van der Waals surface area contributed by atoms with E-state index in [0.29, 0.717) is 34.2 Å². The molecule has 2 aliphatic rings. The van der Waals surface area contributed by atoms with E-state index in [2.05, 4.69) is 92.5 Å². The molecule has 4 heterocycles. The van der Waals surface area contributed by atoms with Crippen LogP contribution in [-0.2, 0) is 0 Å². The van der Waals surface area contributed by atoms with E-state index < -0.39 is 0 Å². The number of thiazole rings is 1. The second kappa shape index (κ2) is 30.1. The van der Waals surface area contributed by atoms with Crippen LogP contribution >= 0.6 is 23.1 Å². The van der Waals surface area contributed by atoms with Crippen LogP contribution in [-0.4, -0.2) is 65.0 Å². The summed E-state index contributed by atoms with van der Waals surface area (Å²) in [5.41, 5.74) is 4.76. The summed E-state index contributed by atoms with van der Waals surface area (Å²) >= 11 is 3.30. The number of carbonyl (C=O) groups excluding carboxylic acids is 2. The molecule has 0 fully saturated rings. The number of H-pyrrole nitrogens is 2. The number of imidazole rings is 2. The number of ketones is 2. The number of aromatic amines is 2. The van der Waals surface area contributed by atoms with Gasteiger partial charge in [0.1, 0.15) is 0 Å². The Kier molecular flexibility index (Phi) is 26.6. The molecule has 4 N–H and O–H groups in total. The van der Waals surface area contributed by atoms with Crippen LogP contribution in [0.15, 0.2) is 102 Å². The van der Waals surface area contributed by atoms with Crippen LogP contribution in [0.4, 0.5) is 5.95 Å². The number of nitrogens with one attached hydrogen (secondary N) is 4. The lowest BCUT2D eigenvalue weighted by Crippen LogP contribution is -2.26. The van der Waals surface area contributed by atoms with Crippen LogP contribution in [0.5, 0.6) is 0 Å². The summed E-state index contributed by atoms with van der Waals surface area (Å²) in [4.78, 5) is 47.0. The molecule has 8 rings (SSSR count). The molecule has 62 heavy (non-hydrogen) atoms. The average molecular weight is 883 g/mol. The number of fused-ring (bicyclic) bond motifs is 4. The summed E-state index contributed by atoms with van der Waals surface area (Å²) < 4.78 is 1.08. The van der Waals surface area contributed by atoms with E-state index in [0.717, 1.165) is 43.4 Å². The monoisotopic (exact) mass is 883 g/mol. The lowest BCUT2D eigenvalue weighted by atomic mass is 10.1. The van der Waals surface area contributed by atoms with Crippen molar-refractivity contribution in [2.75, 3.05) is 5.32 Å². The summed E-state index contributed by atoms with van der Waals surface area (Å²) in [6, 6.07) is 24.7. The third-order valence-electron chi connectivity index (χ3n) is 7.97. The molecule has 2 unspecified atom stereocenters. The molecule has 10 nitrogen and oxygen atoms in total. The summed E-state index contributed by atoms with van der Waals surface area (Å²) in [5.74, 6) is 1.50. The molecule has 0 radical (unpaired) electrons. The highest BCUT2D eigenvalue weighted by Gasteiger charge is 2.27. The number of hydrogen-bond acceptors (Lipinski definition) is 10. The van der Waals surface area contributed by atoms with Crippen LogP contribution in [0.2, 0.25) is 0 Å². The van der Waals surface area contributed by atoms with Gasteiger partial charge < -0.3 is 20.6 Å². The van der Waals surface area contributed by atoms with Crippen molar-refractivity contribution in [3.8, 4) is 0 Å². The molecule has 0 spiro atoms. The number of amidine groups is 1. The number of para-hydroxylation sites is 5. The number of benzene rings is 3. The van der Waals surface area contributed by atoms with Gasteiger partial charge in [-0.25, -0.2) is 15.0 Å². The number of hydrogen-bond donors (Lipinski definition) is 4. The van der Waals surface area contributed by atoms with E-state index in [4.69, 9.17) is 0 Å². The highest BCUT2D eigenvalue weighted by atomic mass is 32.2. The Hall–Kier alpha value is -5.07. The summed E-state index contributed by atoms with van der Waals surface area (Å²) in [5, 5.41) is 8.80. The minimum Gasteiger partial charge on any atom is -0.363 e. The van der Waals surface area contributed by atoms with Crippen LogP contribution in [0, 0.1) is 11.8 Å². The quantitative estimate of drug-likeness (QED) is 0.116. The van der Waals surface area contributed by atoms with E-state index in [1.807, 2.05) is 168 Å². The van der Waals surface area contributed by atoms with E-state index in [1.165, 1.54) is 11.3 Å². The molecule has 6 aromatic rings. The SMILES string of the molecule is CC.CC.CC.CC.CC(C)C(=O)c1nc2ccccc2[nH]1.CC(C)C(=O)c1nc2ccccc2s1.CC(C)NC1=NC2C=CC=CC2S1.CC(C)Nc1nc2ccccc2[nH]1. The normalized spacial score (nSPS) is 14.1. The van der Waals surface area contributed by atoms with Crippen LogP contribution in [0.3, 0.4) is 0 Å². The highest BCUT2D eigenvalue weighted by Crippen LogP contribution is 2.30. The zero-order valence-electron chi connectivity index (χ0n) is 40.1. The number of allylic oxidation sites excluding steroid dienone is 2. The number of aliphatic imine (C=N–C) groups is 1. The molecular formula is C50H74N8O2S2. The third kappa shape index (κ3) is 17.7. The Morgan fingerprint density at radius 3 is 1.58 bits per heavy atom. The topological polar surface area (TPSA) is 141 Å². The van der Waals surface area contributed by atoms with Gasteiger partial charge in [-0.1, -0.05) is 156 Å². The number of nitrogens with zero attached hydrogens (tertiary/aromatic N) is 4. The van der Waals surface area contributed by atoms with Crippen LogP contribution in [0.1, 0.15) is 131 Å². The number of thioether (sulfide) groups is 1. The lowest BCUT2D eigenvalue weighted by Gasteiger charge is -2.11. The van der Waals surface area contributed by atoms with Crippen molar-refractivity contribution < 1.29 is 9.59 Å². The number of carbonyl (C=O) groups is 2. The molecule has 3 aromatic carbocycles. The van der Waals surface area contributed by atoms with E-state index in [-0.39, 0.29) is 23.4 Å². The van der Waals surface area contributed by atoms with Crippen LogP contribution < -0.4 is 10.6 Å². The summed E-state index contributed by atoms with van der Waals surface area (Å²) in [6.45, 7) is 32.0. The fourth-order valence-corrected chi connectivity index (χ4v) is 7.53. The maximum Gasteiger partial charge on any atom is 0.201 e. The maximum absolute atomic E-state index is 11.7. The molecular weight excluding hydrogens is 809 g/mol. The first-order chi connectivity index (χ1) is 29.9. The molecule has 0 bridgehead atoms. The first kappa shape index (κ1) is 54.9. The molecule has 12 heteroatoms. The van der Waals surface area contributed by atoms with Gasteiger partial charge in [0.25, 0.3) is 0 Å². The lowest BCUT2D eigenvalue weighted by molar-refractivity contribution is 0.0926. The fraction of sp³-hybridized carbons (Fsp3) is 0.440. The Bertz CT molecular complexity index is 2070. The predicted molar refractivity (Wildman–Crippen MR) is 273 cm³/mol. The Labute approximate surface area is 380 Å². The van der Waals surface area contributed by atoms with E-state index in [9.17, 15) is 9.59 Å². The Morgan fingerprint density at radius 1 is 0.581 bits per heavy atom. The predicted octanol–water partition coefficient (Wildman–Crippen LogP) is 14.0. The van der Waals surface area contributed by atoms with Crippen molar-refractivity contribution in [3.63, 3.8) is 0 Å². The average Bonchev–Trinajstić information content (AvgIpc) is 4.10. The largest absolute Gasteiger partial charge is 0.363 e. The van der Waals surface area contributed by atoms with Crippen molar-refractivity contribution >= 4 is 78.1 Å². The third-order valence-corrected chi connectivity index (χ3v) is 10.2. The smallest absolute Gasteiger partial charge is 0.201 e. The standard InChI is InChI=1S/C11H12N2O.C11H11NOS.C10H13N3.C10H14N2S.4C2H6/c1-7(2)10(14)11-12-8-5-3-4-6-9(8)13-11;1-7(2)10(13)11-12-8-5-3-4-6-9(8)14-11;2*1-7(2)11-10-12-8-5-3-4-6-9(8)13-10;4*1-2/h3-7H,1-2H3,(H,12,13);3-7H,1-2H3;3-7H,1-2H3,(H2,11,12,13);3-9H,1-2H3,(H,11,12);4*1-2H3. The summed E-state index contributed by atoms with van der Waals surface area (Å²) in [7, 11) is 0. The highest BCUT2D eigenvalue weighted by molar-refractivity contribution is 8.14. The van der Waals surface area contributed by atoms with Gasteiger partial charge in [0.15, 0.2) is 21.8 Å². The second-order valence-electron chi connectivity index (χ2n) is 14.1. The second-order valence-corrected chi connectivity index (χ2v) is 16.3. The minimum absolute atomic E-state index is 0.0180.